The van der Waals surface area contributed by atoms with Crippen LogP contribution in [0.4, 0.5) is 0 Å². The van der Waals surface area contributed by atoms with E-state index in [1.165, 1.54) is 11.8 Å². The van der Waals surface area contributed by atoms with E-state index in [-0.39, 0.29) is 5.15 Å². The van der Waals surface area contributed by atoms with Gasteiger partial charge in [0, 0.05) is 0 Å². The average Bonchev–Trinajstić information content (AvgIpc) is 2.78. The van der Waals surface area contributed by atoms with Crippen LogP contribution in [0.3, 0.4) is 0 Å². The van der Waals surface area contributed by atoms with Crippen LogP contribution in [-0.4, -0.2) is 9.97 Å². The zero-order valence-corrected chi connectivity index (χ0v) is 12.3. The van der Waals surface area contributed by atoms with E-state index < -0.39 is 0 Å². The molecule has 2 heterocycles. The molecule has 0 unspecified atom stereocenters. The van der Waals surface area contributed by atoms with Crippen molar-refractivity contribution in [2.45, 2.75) is 10.2 Å². The van der Waals surface area contributed by atoms with E-state index in [0.29, 0.717) is 25.9 Å². The van der Waals surface area contributed by atoms with Gasteiger partial charge in [-0.2, -0.15) is 0 Å². The maximum Gasteiger partial charge on any atom is 0.263 e. The number of pyridine rings is 1. The molecule has 0 saturated heterocycles. The van der Waals surface area contributed by atoms with Gasteiger partial charge in [-0.15, -0.1) is 0 Å². The quantitative estimate of drug-likeness (QED) is 0.595. The number of hydrogen-bond donors (Lipinski definition) is 0. The molecule has 0 atom stereocenters. The van der Waals surface area contributed by atoms with Gasteiger partial charge in [-0.05, 0) is 30.0 Å². The molecule has 0 aliphatic rings. The second-order valence-electron chi connectivity index (χ2n) is 3.60. The molecule has 0 saturated carbocycles. The summed E-state index contributed by atoms with van der Waals surface area (Å²) >= 11 is 18.9. The van der Waals surface area contributed by atoms with Gasteiger partial charge >= 0.3 is 0 Å². The predicted molar refractivity (Wildman–Crippen MR) is 77.4 cm³/mol. The fraction of sp³-hybridized carbons (Fsp3) is 0. The third-order valence-electron chi connectivity index (χ3n) is 2.31. The fourth-order valence-electron chi connectivity index (χ4n) is 1.48. The summed E-state index contributed by atoms with van der Waals surface area (Å²) in [5, 5.41) is 1.87. The number of oxazole rings is 1. The molecule has 7 heteroatoms. The van der Waals surface area contributed by atoms with Gasteiger partial charge < -0.3 is 4.42 Å². The summed E-state index contributed by atoms with van der Waals surface area (Å²) in [6.45, 7) is 0. The van der Waals surface area contributed by atoms with Gasteiger partial charge in [-0.3, -0.25) is 0 Å². The monoisotopic (exact) mass is 330 g/mol. The van der Waals surface area contributed by atoms with E-state index in [0.717, 1.165) is 5.52 Å². The van der Waals surface area contributed by atoms with E-state index in [4.69, 9.17) is 39.2 Å². The van der Waals surface area contributed by atoms with Crippen molar-refractivity contribution >= 4 is 57.7 Å². The standard InChI is InChI=1S/C12H5Cl3N2OS/c13-6-5-7(14)11(17-10(6)15)19-12-16-8-3-1-2-4-9(8)18-12/h1-5H. The van der Waals surface area contributed by atoms with Crippen LogP contribution in [0.2, 0.25) is 15.2 Å². The highest BCUT2D eigenvalue weighted by molar-refractivity contribution is 7.99. The molecule has 0 spiro atoms. The largest absolute Gasteiger partial charge is 0.431 e. The Morgan fingerprint density at radius 2 is 1.79 bits per heavy atom. The molecule has 0 aliphatic carbocycles. The molecule has 3 aromatic rings. The average molecular weight is 332 g/mol. The first-order chi connectivity index (χ1) is 9.13. The molecule has 0 N–H and O–H groups in total. The zero-order chi connectivity index (χ0) is 13.4. The number of nitrogens with zero attached hydrogens (tertiary/aromatic N) is 2. The number of halogens is 3. The first kappa shape index (κ1) is 13.1. The summed E-state index contributed by atoms with van der Waals surface area (Å²) in [6.07, 6.45) is 0. The molecule has 3 rings (SSSR count). The van der Waals surface area contributed by atoms with Crippen LogP contribution < -0.4 is 0 Å². The molecule has 96 valence electrons. The summed E-state index contributed by atoms with van der Waals surface area (Å²) < 4.78 is 5.57. The lowest BCUT2D eigenvalue weighted by Gasteiger charge is -2.01. The van der Waals surface area contributed by atoms with E-state index in [1.807, 2.05) is 24.3 Å². The molecule has 0 amide bonds. The van der Waals surface area contributed by atoms with Gasteiger partial charge in [0.05, 0.1) is 10.0 Å². The summed E-state index contributed by atoms with van der Waals surface area (Å²) in [6, 6.07) is 9.03. The Morgan fingerprint density at radius 1 is 1.00 bits per heavy atom. The third-order valence-corrected chi connectivity index (χ3v) is 4.24. The Kier molecular flexibility index (Phi) is 3.58. The highest BCUT2D eigenvalue weighted by atomic mass is 35.5. The van der Waals surface area contributed by atoms with E-state index in [1.54, 1.807) is 6.07 Å². The highest BCUT2D eigenvalue weighted by Crippen LogP contribution is 2.36. The first-order valence-electron chi connectivity index (χ1n) is 5.18. The van der Waals surface area contributed by atoms with Gasteiger partial charge in [0.2, 0.25) is 0 Å². The molecule has 2 aromatic heterocycles. The minimum Gasteiger partial charge on any atom is -0.431 e. The minimum absolute atomic E-state index is 0.199. The highest BCUT2D eigenvalue weighted by Gasteiger charge is 2.13. The van der Waals surface area contributed by atoms with Crippen molar-refractivity contribution in [3.8, 4) is 0 Å². The van der Waals surface area contributed by atoms with E-state index in [2.05, 4.69) is 9.97 Å². The zero-order valence-electron chi connectivity index (χ0n) is 9.23. The first-order valence-corrected chi connectivity index (χ1v) is 7.13. The van der Waals surface area contributed by atoms with Crippen LogP contribution in [0.5, 0.6) is 0 Å². The number of aromatic nitrogens is 2. The van der Waals surface area contributed by atoms with Crippen LogP contribution in [0, 0.1) is 0 Å². The number of para-hydroxylation sites is 2. The number of rotatable bonds is 2. The summed E-state index contributed by atoms with van der Waals surface area (Å²) in [7, 11) is 0. The maximum atomic E-state index is 6.05. The predicted octanol–water partition coefficient (Wildman–Crippen LogP) is 5.33. The number of fused-ring (bicyclic) bond motifs is 1. The van der Waals surface area contributed by atoms with Crippen LogP contribution >= 0.6 is 46.6 Å². The SMILES string of the molecule is Clc1cc(Cl)c(Sc2nc3ccccc3o2)nc1Cl. The summed E-state index contributed by atoms with van der Waals surface area (Å²) in [5.74, 6) is 0. The molecule has 1 aromatic carbocycles. The fourth-order valence-corrected chi connectivity index (χ4v) is 2.88. The van der Waals surface area contributed by atoms with Crippen LogP contribution in [0.25, 0.3) is 11.1 Å². The van der Waals surface area contributed by atoms with Crippen LogP contribution in [0.15, 0.2) is 45.0 Å². The molecule has 0 bridgehead atoms. The normalized spacial score (nSPS) is 11.1. The van der Waals surface area contributed by atoms with Crippen molar-refractivity contribution in [2.75, 3.05) is 0 Å². The lowest BCUT2D eigenvalue weighted by molar-refractivity contribution is 0.489. The summed E-state index contributed by atoms with van der Waals surface area (Å²) in [5.41, 5.74) is 1.49. The smallest absolute Gasteiger partial charge is 0.263 e. The second kappa shape index (κ2) is 5.21. The Bertz CT molecular complexity index is 727. The van der Waals surface area contributed by atoms with Gasteiger partial charge in [0.25, 0.3) is 5.22 Å². The molecule has 0 fully saturated rings. The maximum absolute atomic E-state index is 6.05. The van der Waals surface area contributed by atoms with Crippen molar-refractivity contribution < 1.29 is 4.42 Å². The van der Waals surface area contributed by atoms with Crippen molar-refractivity contribution in [2.24, 2.45) is 0 Å². The Hall–Kier alpha value is -0.940. The minimum atomic E-state index is 0.199. The van der Waals surface area contributed by atoms with Crippen molar-refractivity contribution in [1.29, 1.82) is 0 Å². The van der Waals surface area contributed by atoms with Crippen molar-refractivity contribution in [3.63, 3.8) is 0 Å². The lowest BCUT2D eigenvalue weighted by atomic mass is 10.3. The second-order valence-corrected chi connectivity index (χ2v) is 5.71. The van der Waals surface area contributed by atoms with Crippen molar-refractivity contribution in [3.05, 3.63) is 45.5 Å². The Morgan fingerprint density at radius 3 is 2.58 bits per heavy atom. The molecular formula is C12H5Cl3N2OS. The molecular weight excluding hydrogens is 327 g/mol. The molecule has 0 aliphatic heterocycles. The third kappa shape index (κ3) is 2.67. The van der Waals surface area contributed by atoms with Crippen LogP contribution in [-0.2, 0) is 0 Å². The van der Waals surface area contributed by atoms with E-state index in [9.17, 15) is 0 Å². The molecule has 19 heavy (non-hydrogen) atoms. The van der Waals surface area contributed by atoms with Gasteiger partial charge in [-0.1, -0.05) is 46.9 Å². The Balaban J connectivity index is 1.98. The topological polar surface area (TPSA) is 38.9 Å². The Labute approximate surface area is 127 Å². The molecule has 0 radical (unpaired) electrons. The van der Waals surface area contributed by atoms with Gasteiger partial charge in [0.15, 0.2) is 5.58 Å². The van der Waals surface area contributed by atoms with Gasteiger partial charge in [-0.25, -0.2) is 9.97 Å². The van der Waals surface area contributed by atoms with Crippen molar-refractivity contribution in [1.82, 2.24) is 9.97 Å². The number of benzene rings is 1. The van der Waals surface area contributed by atoms with E-state index >= 15 is 0 Å². The number of hydrogen-bond acceptors (Lipinski definition) is 4. The lowest BCUT2D eigenvalue weighted by Crippen LogP contribution is -1.84. The van der Waals surface area contributed by atoms with Gasteiger partial charge in [0.1, 0.15) is 15.7 Å². The summed E-state index contributed by atoms with van der Waals surface area (Å²) in [4.78, 5) is 8.43. The molecule has 3 nitrogen and oxygen atoms in total. The van der Waals surface area contributed by atoms with Crippen LogP contribution in [0.1, 0.15) is 0 Å².